The van der Waals surface area contributed by atoms with Gasteiger partial charge in [0.25, 0.3) is 0 Å². The minimum absolute atomic E-state index is 0.689. The van der Waals surface area contributed by atoms with Crippen LogP contribution in [0.25, 0.3) is 0 Å². The average Bonchev–Trinajstić information content (AvgIpc) is 3.23. The Bertz CT molecular complexity index is 1440. The van der Waals surface area contributed by atoms with Crippen LogP contribution in [0, 0.1) is 0 Å². The number of ether oxygens (including phenoxy) is 9. The van der Waals surface area contributed by atoms with Gasteiger partial charge in [-0.15, -0.1) is 0 Å². The molecule has 28 nitrogen and oxygen atoms in total. The van der Waals surface area contributed by atoms with E-state index in [9.17, 15) is 86.2 Å². The first-order valence-corrected chi connectivity index (χ1v) is 19.6. The lowest BCUT2D eigenvalue weighted by atomic mass is 9.94. The molecule has 0 aromatic heterocycles. The van der Waals surface area contributed by atoms with Crippen LogP contribution in [0.1, 0.15) is 13.8 Å². The molecule has 0 bridgehead atoms. The topological polar surface area (TPSA) is 445 Å². The lowest BCUT2D eigenvalue weighted by Crippen LogP contribution is -2.70. The normalized spacial score (nSPS) is 49.0. The van der Waals surface area contributed by atoms with Crippen LogP contribution in [0.3, 0.4) is 0 Å². The third kappa shape index (κ3) is 11.0. The first-order chi connectivity index (χ1) is 29.3. The zero-order valence-electron chi connectivity index (χ0n) is 33.2. The first-order valence-electron chi connectivity index (χ1n) is 19.6. The summed E-state index contributed by atoms with van der Waals surface area (Å²) in [5.74, 6) is -1.48. The van der Waals surface area contributed by atoms with E-state index in [1.165, 1.54) is 0 Å². The summed E-state index contributed by atoms with van der Waals surface area (Å²) in [6.07, 6.45) is -42.1. The maximum Gasteiger partial charge on any atom is 0.217 e. The van der Waals surface area contributed by atoms with Crippen molar-refractivity contribution in [2.24, 2.45) is 0 Å². The number of aliphatic hydroxyl groups is 15. The molecule has 0 aromatic carbocycles. The minimum atomic E-state index is -2.19. The van der Waals surface area contributed by atoms with Crippen molar-refractivity contribution >= 4 is 11.8 Å². The van der Waals surface area contributed by atoms with E-state index in [1.54, 1.807) is 0 Å². The number of hydrogen-bond acceptors (Lipinski definition) is 26. The molecular weight excluding hydrogens is 852 g/mol. The number of carbonyl (C=O) groups is 2. The number of amides is 2. The van der Waals surface area contributed by atoms with Crippen molar-refractivity contribution < 1.29 is 129 Å². The molecule has 17 N–H and O–H groups in total. The second kappa shape index (κ2) is 22.0. The molecule has 2 amide bonds. The molecule has 25 atom stereocenters. The number of nitrogens with one attached hydrogen (secondary N) is 2. The highest BCUT2D eigenvalue weighted by Gasteiger charge is 2.56. The molecule has 0 aliphatic carbocycles. The second-order valence-corrected chi connectivity index (χ2v) is 15.5. The molecule has 0 aromatic rings. The van der Waals surface area contributed by atoms with E-state index in [0.29, 0.717) is 0 Å². The Hall–Kier alpha value is -2.02. The number of carbonyl (C=O) groups excluding carboxylic acids is 2. The Morgan fingerprint density at radius 3 is 1.29 bits per heavy atom. The minimum Gasteiger partial charge on any atom is -0.394 e. The summed E-state index contributed by atoms with van der Waals surface area (Å²) < 4.78 is 50.9. The molecule has 5 fully saturated rings. The molecule has 0 saturated carbocycles. The van der Waals surface area contributed by atoms with E-state index in [-0.39, 0.29) is 0 Å². The quantitative estimate of drug-likeness (QED) is 0.0725. The standard InChI is InChI=1S/C34H58N2O26/c1-8(41)35-15-19(45)27(12(5-39)55-30(15)53)60-31-16(36-9(2)42)20(46)28(13(6-40)58-31)61-34-26(52)23(49)29(62-33-25(51)22(48)18(44)11(4-38)57-33)14(59-34)7-54-32-24(50)21(47)17(43)10(3-37)56-32/h10-34,37-40,43-53H,3-7H2,1-2H3,(H,35,41)(H,36,42)/t10-,11-,12-,13-,14-,15-,16-,17-,18-,19-,20-,21+,22+,23-,24+,25+,26+,27-,28-,29-,30-,31+,32+,33-,34-/m1/s1. The molecular formula is C34H58N2O26. The summed E-state index contributed by atoms with van der Waals surface area (Å²) in [7, 11) is 0. The van der Waals surface area contributed by atoms with Gasteiger partial charge in [-0.05, 0) is 0 Å². The second-order valence-electron chi connectivity index (χ2n) is 15.5. The fraction of sp³-hybridized carbons (Fsp3) is 0.941. The predicted octanol–water partition coefficient (Wildman–Crippen LogP) is -11.6. The monoisotopic (exact) mass is 910 g/mol. The predicted molar refractivity (Wildman–Crippen MR) is 190 cm³/mol. The number of rotatable bonds is 15. The molecule has 28 heteroatoms. The Labute approximate surface area is 351 Å². The molecule has 5 aliphatic heterocycles. The zero-order valence-corrected chi connectivity index (χ0v) is 33.2. The van der Waals surface area contributed by atoms with Gasteiger partial charge in [-0.1, -0.05) is 0 Å². The van der Waals surface area contributed by atoms with E-state index >= 15 is 0 Å². The number of hydrogen-bond donors (Lipinski definition) is 17. The average molecular weight is 911 g/mol. The van der Waals surface area contributed by atoms with Crippen LogP contribution in [-0.2, 0) is 52.2 Å². The highest BCUT2D eigenvalue weighted by atomic mass is 16.8. The van der Waals surface area contributed by atoms with Crippen molar-refractivity contribution in [2.75, 3.05) is 33.0 Å². The Balaban J connectivity index is 1.40. The molecule has 5 rings (SSSR count). The van der Waals surface area contributed by atoms with Gasteiger partial charge in [0, 0.05) is 13.8 Å². The molecule has 5 saturated heterocycles. The lowest BCUT2D eigenvalue weighted by molar-refractivity contribution is -0.383. The van der Waals surface area contributed by atoms with Crippen molar-refractivity contribution in [3.05, 3.63) is 0 Å². The summed E-state index contributed by atoms with van der Waals surface area (Å²) in [4.78, 5) is 24.2. The molecule has 0 unspecified atom stereocenters. The van der Waals surface area contributed by atoms with Crippen molar-refractivity contribution in [3.63, 3.8) is 0 Å². The molecule has 0 radical (unpaired) electrons. The number of aliphatic hydroxyl groups excluding tert-OH is 15. The summed E-state index contributed by atoms with van der Waals surface area (Å²) in [6, 6.07) is -3.17. The Morgan fingerprint density at radius 1 is 0.419 bits per heavy atom. The van der Waals surface area contributed by atoms with Gasteiger partial charge in [0.1, 0.15) is 122 Å². The van der Waals surface area contributed by atoms with E-state index in [0.717, 1.165) is 13.8 Å². The molecule has 0 spiro atoms. The van der Waals surface area contributed by atoms with Crippen molar-refractivity contribution in [1.82, 2.24) is 10.6 Å². The van der Waals surface area contributed by atoms with Gasteiger partial charge in [0.2, 0.25) is 11.8 Å². The van der Waals surface area contributed by atoms with Gasteiger partial charge in [0.05, 0.1) is 33.0 Å². The van der Waals surface area contributed by atoms with Gasteiger partial charge in [0.15, 0.2) is 31.5 Å². The van der Waals surface area contributed by atoms with Crippen molar-refractivity contribution in [3.8, 4) is 0 Å². The smallest absolute Gasteiger partial charge is 0.217 e. The highest BCUT2D eigenvalue weighted by molar-refractivity contribution is 5.73. The Kier molecular flexibility index (Phi) is 18.1. The Morgan fingerprint density at radius 2 is 0.790 bits per heavy atom. The summed E-state index contributed by atoms with van der Waals surface area (Å²) >= 11 is 0. The van der Waals surface area contributed by atoms with Gasteiger partial charge in [-0.25, -0.2) is 0 Å². The molecule has 5 aliphatic rings. The highest BCUT2D eigenvalue weighted by Crippen LogP contribution is 2.35. The van der Waals surface area contributed by atoms with Crippen molar-refractivity contribution in [1.29, 1.82) is 0 Å². The maximum atomic E-state index is 12.4. The fourth-order valence-electron chi connectivity index (χ4n) is 7.74. The molecule has 360 valence electrons. The summed E-state index contributed by atoms with van der Waals surface area (Å²) in [5.41, 5.74) is 0. The molecule has 5 heterocycles. The fourth-order valence-corrected chi connectivity index (χ4v) is 7.74. The maximum absolute atomic E-state index is 12.4. The van der Waals surface area contributed by atoms with Crippen LogP contribution in [0.15, 0.2) is 0 Å². The van der Waals surface area contributed by atoms with E-state index < -0.39 is 198 Å². The lowest BCUT2D eigenvalue weighted by Gasteiger charge is -2.50. The zero-order chi connectivity index (χ0) is 45.9. The van der Waals surface area contributed by atoms with Gasteiger partial charge >= 0.3 is 0 Å². The van der Waals surface area contributed by atoms with Crippen molar-refractivity contribution in [2.45, 2.75) is 167 Å². The summed E-state index contributed by atoms with van der Waals surface area (Å²) in [5, 5.41) is 163. The third-order valence-electron chi connectivity index (χ3n) is 11.1. The van der Waals surface area contributed by atoms with Crippen LogP contribution < -0.4 is 10.6 Å². The third-order valence-corrected chi connectivity index (χ3v) is 11.1. The van der Waals surface area contributed by atoms with Crippen LogP contribution in [0.4, 0.5) is 0 Å². The van der Waals surface area contributed by atoms with Gasteiger partial charge < -0.3 is 130 Å². The van der Waals surface area contributed by atoms with Gasteiger partial charge in [-0.2, -0.15) is 0 Å². The molecule has 62 heavy (non-hydrogen) atoms. The van der Waals surface area contributed by atoms with E-state index in [2.05, 4.69) is 10.6 Å². The summed E-state index contributed by atoms with van der Waals surface area (Å²) in [6.45, 7) is -2.29. The van der Waals surface area contributed by atoms with Crippen LogP contribution in [0.2, 0.25) is 0 Å². The van der Waals surface area contributed by atoms with Crippen LogP contribution in [0.5, 0.6) is 0 Å². The van der Waals surface area contributed by atoms with E-state index in [1.807, 2.05) is 0 Å². The SMILES string of the molecule is CC(=O)N[C@@H]1[C@@H](O)[C@H](O[C@@H]2O[C@H](CO)[C@@H](O[C@H]3O[C@H](CO[C@H]4O[C@H](CO)[C@@H](O)[C@H](O)[C@@H]4O)[C@@H](O[C@H]4O[C@H](CO)[C@@H](O)[C@H](O)[C@@H]4O)[C@H](O)[C@@H]3O)[C@H](O)[C@H]2NC(C)=O)[C@@H](CO)O[C@H]1O. The first kappa shape index (κ1) is 51.0. The van der Waals surface area contributed by atoms with Gasteiger partial charge in [-0.3, -0.25) is 9.59 Å². The van der Waals surface area contributed by atoms with Crippen LogP contribution in [-0.4, -0.2) is 275 Å². The van der Waals surface area contributed by atoms with Crippen LogP contribution >= 0.6 is 0 Å². The van der Waals surface area contributed by atoms with E-state index in [4.69, 9.17) is 42.6 Å². The largest absolute Gasteiger partial charge is 0.394 e.